The molecule has 0 saturated carbocycles. The first-order valence-electron chi connectivity index (χ1n) is 10.5. The van der Waals surface area contributed by atoms with Gasteiger partial charge in [0.15, 0.2) is 0 Å². The molecule has 1 amide bonds. The second kappa shape index (κ2) is 10.5. The van der Waals surface area contributed by atoms with Gasteiger partial charge in [0.05, 0.1) is 22.2 Å². The highest BCUT2D eigenvalue weighted by atomic mass is 32.2. The lowest BCUT2D eigenvalue weighted by atomic mass is 10.1. The number of nitro benzene ring substituents is 1. The molecule has 3 rings (SSSR count). The van der Waals surface area contributed by atoms with Gasteiger partial charge < -0.3 is 14.5 Å². The van der Waals surface area contributed by atoms with Crippen LogP contribution in [0.1, 0.15) is 29.8 Å². The Labute approximate surface area is 191 Å². The third-order valence-electron chi connectivity index (χ3n) is 5.30. The van der Waals surface area contributed by atoms with Crippen LogP contribution in [0.25, 0.3) is 0 Å². The van der Waals surface area contributed by atoms with Crippen LogP contribution in [-0.2, 0) is 9.53 Å². The fourth-order valence-corrected chi connectivity index (χ4v) is 4.57. The number of piperazine rings is 1. The Morgan fingerprint density at radius 1 is 1.22 bits per heavy atom. The number of nitro groups is 1. The number of hydrogen-bond acceptors (Lipinski definition) is 7. The van der Waals surface area contributed by atoms with Gasteiger partial charge in [-0.1, -0.05) is 12.1 Å². The Hall–Kier alpha value is -3.07. The maximum atomic E-state index is 13.1. The van der Waals surface area contributed by atoms with Crippen LogP contribution < -0.4 is 4.90 Å². The quantitative estimate of drug-likeness (QED) is 0.269. The molecular formula is C23H27N3O5S. The van der Waals surface area contributed by atoms with Crippen LogP contribution in [0, 0.1) is 17.0 Å². The highest BCUT2D eigenvalue weighted by Gasteiger charge is 2.29. The minimum atomic E-state index is -0.525. The maximum Gasteiger partial charge on any atom is 0.316 e. The standard InChI is InChI=1S/C23H27N3O5S/c1-4-31-22(27)15-32-21-9-8-18(13-20(21)26(29)30)23(28)24-10-11-25(17(3)14-24)19-7-5-6-16(2)12-19/h5-9,12-13,17H,4,10-11,14-15H2,1-3H3. The summed E-state index contributed by atoms with van der Waals surface area (Å²) in [6, 6.07) is 12.8. The summed E-state index contributed by atoms with van der Waals surface area (Å²) < 4.78 is 4.87. The first-order valence-corrected chi connectivity index (χ1v) is 11.5. The SMILES string of the molecule is CCOC(=O)CSc1ccc(C(=O)N2CCN(c3cccc(C)c3)C(C)C2)cc1[N+](=O)[O-]. The normalized spacial score (nSPS) is 16.0. The molecule has 0 aliphatic carbocycles. The van der Waals surface area contributed by atoms with Crippen LogP contribution in [-0.4, -0.2) is 59.7 Å². The van der Waals surface area contributed by atoms with Crippen molar-refractivity contribution in [3.05, 3.63) is 63.7 Å². The van der Waals surface area contributed by atoms with E-state index in [-0.39, 0.29) is 35.6 Å². The monoisotopic (exact) mass is 457 g/mol. The van der Waals surface area contributed by atoms with Crippen LogP contribution >= 0.6 is 11.8 Å². The van der Waals surface area contributed by atoms with Crippen molar-refractivity contribution in [2.24, 2.45) is 0 Å². The van der Waals surface area contributed by atoms with E-state index in [1.54, 1.807) is 17.9 Å². The van der Waals surface area contributed by atoms with Gasteiger partial charge in [0.1, 0.15) is 0 Å². The molecule has 32 heavy (non-hydrogen) atoms. The van der Waals surface area contributed by atoms with Crippen molar-refractivity contribution in [3.8, 4) is 0 Å². The fourth-order valence-electron chi connectivity index (χ4n) is 3.77. The van der Waals surface area contributed by atoms with Gasteiger partial charge in [0, 0.05) is 43.0 Å². The second-order valence-electron chi connectivity index (χ2n) is 7.67. The molecule has 170 valence electrons. The van der Waals surface area contributed by atoms with Crippen molar-refractivity contribution >= 4 is 35.0 Å². The molecule has 0 aromatic heterocycles. The number of nitrogens with zero attached hydrogens (tertiary/aromatic N) is 3. The van der Waals surface area contributed by atoms with Crippen LogP contribution in [0.2, 0.25) is 0 Å². The maximum absolute atomic E-state index is 13.1. The van der Waals surface area contributed by atoms with Gasteiger partial charge in [-0.15, -0.1) is 11.8 Å². The number of thioether (sulfide) groups is 1. The Morgan fingerprint density at radius 2 is 2.00 bits per heavy atom. The van der Waals surface area contributed by atoms with Crippen molar-refractivity contribution in [1.29, 1.82) is 0 Å². The number of esters is 1. The number of carbonyl (C=O) groups is 2. The summed E-state index contributed by atoms with van der Waals surface area (Å²) in [4.78, 5) is 40.0. The summed E-state index contributed by atoms with van der Waals surface area (Å²) in [6.07, 6.45) is 0. The molecule has 1 atom stereocenters. The van der Waals surface area contributed by atoms with Crippen LogP contribution in [0.15, 0.2) is 47.4 Å². The van der Waals surface area contributed by atoms with Crippen molar-refractivity contribution in [2.75, 3.05) is 36.9 Å². The minimum Gasteiger partial charge on any atom is -0.465 e. The number of anilines is 1. The van der Waals surface area contributed by atoms with E-state index in [2.05, 4.69) is 36.9 Å². The van der Waals surface area contributed by atoms with Crippen molar-refractivity contribution < 1.29 is 19.2 Å². The molecule has 9 heteroatoms. The number of amides is 1. The number of hydrogen-bond donors (Lipinski definition) is 0. The lowest BCUT2D eigenvalue weighted by Gasteiger charge is -2.41. The minimum absolute atomic E-state index is 0.0274. The van der Waals surface area contributed by atoms with Gasteiger partial charge in [-0.25, -0.2) is 0 Å². The molecule has 1 aliphatic rings. The largest absolute Gasteiger partial charge is 0.465 e. The number of rotatable bonds is 7. The molecule has 1 unspecified atom stereocenters. The molecule has 1 saturated heterocycles. The highest BCUT2D eigenvalue weighted by molar-refractivity contribution is 8.00. The first-order chi connectivity index (χ1) is 15.3. The molecule has 0 bridgehead atoms. The Bertz CT molecular complexity index is 1010. The molecule has 2 aromatic carbocycles. The van der Waals surface area contributed by atoms with E-state index in [1.807, 2.05) is 6.07 Å². The predicted octanol–water partition coefficient (Wildman–Crippen LogP) is 3.91. The molecule has 1 heterocycles. The van der Waals surface area contributed by atoms with Gasteiger partial charge in [0.25, 0.3) is 11.6 Å². The smallest absolute Gasteiger partial charge is 0.316 e. The van der Waals surface area contributed by atoms with Gasteiger partial charge in [-0.3, -0.25) is 19.7 Å². The van der Waals surface area contributed by atoms with Gasteiger partial charge in [-0.2, -0.15) is 0 Å². The lowest BCUT2D eigenvalue weighted by molar-refractivity contribution is -0.387. The summed E-state index contributed by atoms with van der Waals surface area (Å²) in [5, 5.41) is 11.6. The third-order valence-corrected chi connectivity index (χ3v) is 6.34. The zero-order valence-corrected chi connectivity index (χ0v) is 19.3. The Balaban J connectivity index is 1.71. The van der Waals surface area contributed by atoms with Gasteiger partial charge >= 0.3 is 5.97 Å². The van der Waals surface area contributed by atoms with E-state index in [9.17, 15) is 19.7 Å². The Kier molecular flexibility index (Phi) is 7.74. The third kappa shape index (κ3) is 5.59. The predicted molar refractivity (Wildman–Crippen MR) is 124 cm³/mol. The fraction of sp³-hybridized carbons (Fsp3) is 0.391. The average molecular weight is 458 g/mol. The van der Waals surface area contributed by atoms with E-state index < -0.39 is 10.9 Å². The summed E-state index contributed by atoms with van der Waals surface area (Å²) >= 11 is 1.03. The molecule has 1 fully saturated rings. The number of benzene rings is 2. The van der Waals surface area contributed by atoms with E-state index in [0.29, 0.717) is 24.5 Å². The van der Waals surface area contributed by atoms with E-state index in [4.69, 9.17) is 4.74 Å². The Morgan fingerprint density at radius 3 is 2.66 bits per heavy atom. The zero-order chi connectivity index (χ0) is 23.3. The molecule has 0 radical (unpaired) electrons. The molecule has 8 nitrogen and oxygen atoms in total. The second-order valence-corrected chi connectivity index (χ2v) is 8.68. The number of ether oxygens (including phenoxy) is 1. The summed E-state index contributed by atoms with van der Waals surface area (Å²) in [5.41, 5.74) is 2.40. The first kappa shape index (κ1) is 23.6. The molecule has 0 spiro atoms. The van der Waals surface area contributed by atoms with E-state index in [1.165, 1.54) is 17.7 Å². The highest BCUT2D eigenvalue weighted by Crippen LogP contribution is 2.31. The number of carbonyl (C=O) groups excluding carboxylic acids is 2. The van der Waals surface area contributed by atoms with Crippen LogP contribution in [0.5, 0.6) is 0 Å². The van der Waals surface area contributed by atoms with Gasteiger partial charge in [-0.05, 0) is 50.6 Å². The molecule has 1 aliphatic heterocycles. The average Bonchev–Trinajstić information content (AvgIpc) is 2.77. The van der Waals surface area contributed by atoms with Crippen molar-refractivity contribution in [1.82, 2.24) is 4.90 Å². The van der Waals surface area contributed by atoms with E-state index >= 15 is 0 Å². The van der Waals surface area contributed by atoms with E-state index in [0.717, 1.165) is 17.4 Å². The van der Waals surface area contributed by atoms with Crippen LogP contribution in [0.4, 0.5) is 11.4 Å². The summed E-state index contributed by atoms with van der Waals surface area (Å²) in [5.74, 6) is -0.696. The van der Waals surface area contributed by atoms with Crippen molar-refractivity contribution in [2.45, 2.75) is 31.7 Å². The van der Waals surface area contributed by atoms with Gasteiger partial charge in [0.2, 0.25) is 0 Å². The van der Waals surface area contributed by atoms with Crippen molar-refractivity contribution in [3.63, 3.8) is 0 Å². The summed E-state index contributed by atoms with van der Waals surface area (Å²) in [6.45, 7) is 7.82. The topological polar surface area (TPSA) is 93.0 Å². The number of aryl methyl sites for hydroxylation is 1. The summed E-state index contributed by atoms with van der Waals surface area (Å²) in [7, 11) is 0. The molecular weight excluding hydrogens is 430 g/mol. The molecule has 0 N–H and O–H groups in total. The van der Waals surface area contributed by atoms with Crippen LogP contribution in [0.3, 0.4) is 0 Å². The zero-order valence-electron chi connectivity index (χ0n) is 18.4. The molecule has 2 aromatic rings. The lowest BCUT2D eigenvalue weighted by Crippen LogP contribution is -2.53.